The average Bonchev–Trinajstić information content (AvgIpc) is 2.70. The third-order valence-corrected chi connectivity index (χ3v) is 5.01. The minimum absolute atomic E-state index is 0.0200. The van der Waals surface area contributed by atoms with Gasteiger partial charge in [-0.15, -0.1) is 0 Å². The Labute approximate surface area is 136 Å². The van der Waals surface area contributed by atoms with Crippen LogP contribution < -0.4 is 4.74 Å². The summed E-state index contributed by atoms with van der Waals surface area (Å²) >= 11 is 5.92. The molecule has 2 aliphatic heterocycles. The van der Waals surface area contributed by atoms with E-state index in [9.17, 15) is 4.79 Å². The zero-order valence-corrected chi connectivity index (χ0v) is 13.8. The number of carbonyl (C=O) groups excluding carboxylic acids is 1. The zero-order chi connectivity index (χ0) is 15.7. The summed E-state index contributed by atoms with van der Waals surface area (Å²) in [6.07, 6.45) is 3.68. The fraction of sp³-hybridized carbons (Fsp3) is 0.588. The number of ether oxygens (including phenoxy) is 2. The van der Waals surface area contributed by atoms with Gasteiger partial charge >= 0.3 is 5.97 Å². The Kier molecular flexibility index (Phi) is 4.59. The molecule has 0 aromatic heterocycles. The molecule has 0 amide bonds. The number of rotatable bonds is 4. The van der Waals surface area contributed by atoms with Gasteiger partial charge in [-0.2, -0.15) is 0 Å². The van der Waals surface area contributed by atoms with E-state index < -0.39 is 6.10 Å². The highest BCUT2D eigenvalue weighted by molar-refractivity contribution is 6.30. The molecule has 5 heteroatoms. The highest BCUT2D eigenvalue weighted by Gasteiger charge is 2.40. The third kappa shape index (κ3) is 3.39. The van der Waals surface area contributed by atoms with Crippen LogP contribution in [-0.4, -0.2) is 42.2 Å². The van der Waals surface area contributed by atoms with Gasteiger partial charge in [0.05, 0.1) is 0 Å². The second kappa shape index (κ2) is 6.47. The summed E-state index contributed by atoms with van der Waals surface area (Å²) in [5, 5.41) is 0.588. The number of fused-ring (bicyclic) bond motifs is 2. The van der Waals surface area contributed by atoms with Crippen LogP contribution in [0.1, 0.15) is 32.6 Å². The van der Waals surface area contributed by atoms with Crippen LogP contribution >= 0.6 is 11.6 Å². The van der Waals surface area contributed by atoms with E-state index in [1.807, 2.05) is 0 Å². The number of hydrogen-bond donors (Lipinski definition) is 0. The van der Waals surface area contributed by atoms with Crippen LogP contribution in [0.5, 0.6) is 5.75 Å². The van der Waals surface area contributed by atoms with Gasteiger partial charge in [-0.3, -0.25) is 0 Å². The smallest absolute Gasteiger partial charge is 0.347 e. The first-order chi connectivity index (χ1) is 10.5. The predicted molar refractivity (Wildman–Crippen MR) is 85.2 cm³/mol. The molecule has 0 spiro atoms. The Morgan fingerprint density at radius 3 is 2.64 bits per heavy atom. The van der Waals surface area contributed by atoms with Crippen LogP contribution in [0.3, 0.4) is 0 Å². The Bertz CT molecular complexity index is 536. The molecule has 2 saturated heterocycles. The summed E-state index contributed by atoms with van der Waals surface area (Å²) in [6.45, 7) is 1.72. The van der Waals surface area contributed by atoms with Crippen molar-refractivity contribution in [3.63, 3.8) is 0 Å². The highest BCUT2D eigenvalue weighted by Crippen LogP contribution is 2.35. The third-order valence-electron chi connectivity index (χ3n) is 4.78. The molecular formula is C17H22ClNO3. The SMILES string of the molecule is CC(Oc1cccc(Cl)c1)C(=O)OC1C[C@H]2CC[C@@H](C1)N2C. The van der Waals surface area contributed by atoms with Crippen LogP contribution in [0.25, 0.3) is 0 Å². The van der Waals surface area contributed by atoms with Gasteiger partial charge in [0.1, 0.15) is 11.9 Å². The van der Waals surface area contributed by atoms with E-state index in [1.165, 1.54) is 12.8 Å². The first-order valence-electron chi connectivity index (χ1n) is 7.87. The van der Waals surface area contributed by atoms with Gasteiger partial charge in [0.15, 0.2) is 6.10 Å². The molecule has 1 aromatic rings. The van der Waals surface area contributed by atoms with Crippen LogP contribution in [-0.2, 0) is 9.53 Å². The summed E-state index contributed by atoms with van der Waals surface area (Å²) in [7, 11) is 2.17. The minimum atomic E-state index is -0.629. The van der Waals surface area contributed by atoms with Crippen molar-refractivity contribution < 1.29 is 14.3 Å². The Balaban J connectivity index is 1.53. The first kappa shape index (κ1) is 15.6. The molecule has 4 nitrogen and oxygen atoms in total. The maximum absolute atomic E-state index is 12.2. The molecule has 1 aromatic carbocycles. The fourth-order valence-electron chi connectivity index (χ4n) is 3.51. The molecule has 2 unspecified atom stereocenters. The zero-order valence-electron chi connectivity index (χ0n) is 13.0. The number of halogens is 1. The van der Waals surface area contributed by atoms with Gasteiger partial charge in [0.2, 0.25) is 0 Å². The molecule has 3 rings (SSSR count). The second-order valence-corrected chi connectivity index (χ2v) is 6.73. The number of nitrogens with zero attached hydrogens (tertiary/aromatic N) is 1. The molecule has 22 heavy (non-hydrogen) atoms. The van der Waals surface area contributed by atoms with E-state index in [0.717, 1.165) is 12.8 Å². The van der Waals surface area contributed by atoms with Crippen LogP contribution in [0, 0.1) is 0 Å². The largest absolute Gasteiger partial charge is 0.479 e. The molecule has 0 saturated carbocycles. The van der Waals surface area contributed by atoms with Crippen LogP contribution in [0.4, 0.5) is 0 Å². The van der Waals surface area contributed by atoms with Crippen molar-refractivity contribution in [2.75, 3.05) is 7.05 Å². The number of esters is 1. The van der Waals surface area contributed by atoms with Gasteiger partial charge < -0.3 is 14.4 Å². The molecule has 0 N–H and O–H groups in total. The molecule has 2 bridgehead atoms. The second-order valence-electron chi connectivity index (χ2n) is 6.30. The van der Waals surface area contributed by atoms with E-state index in [0.29, 0.717) is 22.9 Å². The van der Waals surface area contributed by atoms with Crippen LogP contribution in [0.15, 0.2) is 24.3 Å². The Morgan fingerprint density at radius 2 is 2.00 bits per heavy atom. The fourth-order valence-corrected chi connectivity index (χ4v) is 3.69. The predicted octanol–water partition coefficient (Wildman–Crippen LogP) is 3.28. The van der Waals surface area contributed by atoms with Gasteiger partial charge in [0, 0.05) is 17.1 Å². The quantitative estimate of drug-likeness (QED) is 0.797. The van der Waals surface area contributed by atoms with Crippen molar-refractivity contribution >= 4 is 17.6 Å². The van der Waals surface area contributed by atoms with Crippen molar-refractivity contribution in [2.24, 2.45) is 0 Å². The monoisotopic (exact) mass is 323 g/mol. The molecule has 0 aliphatic carbocycles. The summed E-state index contributed by atoms with van der Waals surface area (Å²) in [5.41, 5.74) is 0. The van der Waals surface area contributed by atoms with Gasteiger partial charge in [0.25, 0.3) is 0 Å². The van der Waals surface area contributed by atoms with E-state index in [2.05, 4.69) is 11.9 Å². The van der Waals surface area contributed by atoms with Gasteiger partial charge in [-0.05, 0) is 57.9 Å². The Hall–Kier alpha value is -1.26. The molecule has 2 heterocycles. The molecule has 2 aliphatic rings. The number of carbonyl (C=O) groups is 1. The summed E-state index contributed by atoms with van der Waals surface area (Å²) < 4.78 is 11.3. The lowest BCUT2D eigenvalue weighted by Crippen LogP contribution is -2.44. The van der Waals surface area contributed by atoms with Crippen molar-refractivity contribution in [3.05, 3.63) is 29.3 Å². The lowest BCUT2D eigenvalue weighted by atomic mass is 10.0. The van der Waals surface area contributed by atoms with Crippen molar-refractivity contribution in [3.8, 4) is 5.75 Å². The summed E-state index contributed by atoms with van der Waals surface area (Å²) in [5.74, 6) is 0.286. The van der Waals surface area contributed by atoms with E-state index >= 15 is 0 Å². The van der Waals surface area contributed by atoms with Crippen molar-refractivity contribution in [2.45, 2.75) is 56.9 Å². The number of piperidine rings is 1. The van der Waals surface area contributed by atoms with Crippen molar-refractivity contribution in [1.29, 1.82) is 0 Å². The van der Waals surface area contributed by atoms with E-state index in [-0.39, 0.29) is 12.1 Å². The summed E-state index contributed by atoms with van der Waals surface area (Å²) in [4.78, 5) is 14.6. The molecular weight excluding hydrogens is 302 g/mol. The maximum atomic E-state index is 12.2. The van der Waals surface area contributed by atoms with E-state index in [4.69, 9.17) is 21.1 Å². The van der Waals surface area contributed by atoms with E-state index in [1.54, 1.807) is 31.2 Å². The normalized spacial score (nSPS) is 29.1. The molecule has 4 atom stereocenters. The lowest BCUT2D eigenvalue weighted by molar-refractivity contribution is -0.159. The van der Waals surface area contributed by atoms with Gasteiger partial charge in [-0.25, -0.2) is 4.79 Å². The van der Waals surface area contributed by atoms with Crippen molar-refractivity contribution in [1.82, 2.24) is 4.90 Å². The first-order valence-corrected chi connectivity index (χ1v) is 8.25. The van der Waals surface area contributed by atoms with Gasteiger partial charge in [-0.1, -0.05) is 17.7 Å². The highest BCUT2D eigenvalue weighted by atomic mass is 35.5. The average molecular weight is 324 g/mol. The standard InChI is InChI=1S/C17H22ClNO3/c1-11(21-15-5-3-4-12(18)8-15)17(20)22-16-9-13-6-7-14(10-16)19(13)2/h3-5,8,11,13-14,16H,6-7,9-10H2,1-2H3/t11?,13-,14+,16?. The van der Waals surface area contributed by atoms with Crippen LogP contribution in [0.2, 0.25) is 5.02 Å². The maximum Gasteiger partial charge on any atom is 0.347 e. The summed E-state index contributed by atoms with van der Waals surface area (Å²) in [6, 6.07) is 8.16. The minimum Gasteiger partial charge on any atom is -0.479 e. The number of hydrogen-bond acceptors (Lipinski definition) is 4. The topological polar surface area (TPSA) is 38.8 Å². The molecule has 120 valence electrons. The molecule has 0 radical (unpaired) electrons. The Morgan fingerprint density at radius 1 is 1.32 bits per heavy atom. The number of benzene rings is 1. The lowest BCUT2D eigenvalue weighted by Gasteiger charge is -2.36. The molecule has 2 fully saturated rings.